The first kappa shape index (κ1) is 20.1. The lowest BCUT2D eigenvalue weighted by Crippen LogP contribution is -2.36. The highest BCUT2D eigenvalue weighted by molar-refractivity contribution is 5.84. The molecule has 1 aromatic rings. The zero-order valence-corrected chi connectivity index (χ0v) is 14.5. The molecule has 7 heteroatoms. The third-order valence-corrected chi connectivity index (χ3v) is 3.03. The smallest absolute Gasteiger partial charge is 0.397 e. The standard InChI is InChI=1S/C13H21N3O4.C2H6.H2/c1-6-19-12(18)11-15-9(16-20-11)7-14-10(17)8(2)13(3,4)5;1-2;/h8H,6-7H2,1-5H3,(H,14,17);1-2H3;1H. The fourth-order valence-corrected chi connectivity index (χ4v) is 1.31. The lowest BCUT2D eigenvalue weighted by atomic mass is 9.81. The van der Waals surface area contributed by atoms with Crippen LogP contribution in [0.15, 0.2) is 4.52 Å². The average molecular weight is 315 g/mol. The van der Waals surface area contributed by atoms with E-state index in [1.165, 1.54) is 0 Å². The zero-order valence-electron chi connectivity index (χ0n) is 14.5. The van der Waals surface area contributed by atoms with Crippen LogP contribution in [0.3, 0.4) is 0 Å². The van der Waals surface area contributed by atoms with Crippen LogP contribution in [-0.2, 0) is 16.1 Å². The summed E-state index contributed by atoms with van der Waals surface area (Å²) in [6, 6.07) is 0. The number of carbonyl (C=O) groups excluding carboxylic acids is 2. The van der Waals surface area contributed by atoms with Gasteiger partial charge in [-0.15, -0.1) is 0 Å². The highest BCUT2D eigenvalue weighted by Crippen LogP contribution is 2.25. The summed E-state index contributed by atoms with van der Waals surface area (Å²) >= 11 is 0. The summed E-state index contributed by atoms with van der Waals surface area (Å²) in [6.07, 6.45) is 0. The SMILES string of the molecule is CC.CCOC(=O)c1nc(CNC(=O)C(C)C(C)(C)C)no1.[HH]. The Morgan fingerprint density at radius 1 is 1.36 bits per heavy atom. The minimum absolute atomic E-state index is 0. The molecule has 128 valence electrons. The van der Waals surface area contributed by atoms with Gasteiger partial charge in [0.1, 0.15) is 0 Å². The van der Waals surface area contributed by atoms with Gasteiger partial charge >= 0.3 is 11.9 Å². The van der Waals surface area contributed by atoms with Crippen molar-refractivity contribution in [1.29, 1.82) is 0 Å². The summed E-state index contributed by atoms with van der Waals surface area (Å²) in [7, 11) is 0. The van der Waals surface area contributed by atoms with Crippen molar-refractivity contribution >= 4 is 11.9 Å². The first-order valence-electron chi connectivity index (χ1n) is 7.53. The van der Waals surface area contributed by atoms with Gasteiger partial charge in [0.2, 0.25) is 5.91 Å². The number of hydrogen-bond donors (Lipinski definition) is 1. The summed E-state index contributed by atoms with van der Waals surface area (Å²) < 4.78 is 9.48. The molecule has 7 nitrogen and oxygen atoms in total. The maximum Gasteiger partial charge on any atom is 0.397 e. The van der Waals surface area contributed by atoms with E-state index < -0.39 is 5.97 Å². The van der Waals surface area contributed by atoms with Crippen molar-refractivity contribution in [2.45, 2.75) is 55.0 Å². The van der Waals surface area contributed by atoms with Crippen LogP contribution in [0.2, 0.25) is 0 Å². The van der Waals surface area contributed by atoms with Gasteiger partial charge in [-0.05, 0) is 12.3 Å². The molecule has 0 aliphatic rings. The number of hydrogen-bond acceptors (Lipinski definition) is 6. The van der Waals surface area contributed by atoms with Gasteiger partial charge in [0.25, 0.3) is 0 Å². The van der Waals surface area contributed by atoms with E-state index in [-0.39, 0.29) is 43.5 Å². The summed E-state index contributed by atoms with van der Waals surface area (Å²) in [5, 5.41) is 6.32. The molecule has 0 radical (unpaired) electrons. The minimum atomic E-state index is -0.666. The van der Waals surface area contributed by atoms with Gasteiger partial charge in [0.15, 0.2) is 5.82 Å². The highest BCUT2D eigenvalue weighted by atomic mass is 16.6. The topological polar surface area (TPSA) is 94.3 Å². The van der Waals surface area contributed by atoms with Crippen molar-refractivity contribution in [2.24, 2.45) is 11.3 Å². The Bertz CT molecular complexity index is 483. The lowest BCUT2D eigenvalue weighted by molar-refractivity contribution is -0.127. The summed E-state index contributed by atoms with van der Waals surface area (Å²) in [4.78, 5) is 27.1. The Labute approximate surface area is 133 Å². The highest BCUT2D eigenvalue weighted by Gasteiger charge is 2.26. The van der Waals surface area contributed by atoms with E-state index in [4.69, 9.17) is 9.26 Å². The third-order valence-electron chi connectivity index (χ3n) is 3.03. The van der Waals surface area contributed by atoms with E-state index in [9.17, 15) is 9.59 Å². The molecule has 22 heavy (non-hydrogen) atoms. The number of aromatic nitrogens is 2. The summed E-state index contributed by atoms with van der Waals surface area (Å²) in [5.41, 5.74) is -0.128. The zero-order chi connectivity index (χ0) is 17.3. The summed E-state index contributed by atoms with van der Waals surface area (Å²) in [6.45, 7) is 13.9. The van der Waals surface area contributed by atoms with Crippen LogP contribution in [0, 0.1) is 11.3 Å². The van der Waals surface area contributed by atoms with Gasteiger partial charge < -0.3 is 14.6 Å². The fourth-order valence-electron chi connectivity index (χ4n) is 1.31. The maximum atomic E-state index is 11.9. The van der Waals surface area contributed by atoms with Crippen LogP contribution >= 0.6 is 0 Å². The Balaban J connectivity index is 0. The Kier molecular flexibility index (Phi) is 8.37. The first-order valence-corrected chi connectivity index (χ1v) is 7.53. The van der Waals surface area contributed by atoms with Crippen LogP contribution in [0.4, 0.5) is 0 Å². The molecule has 0 aliphatic heterocycles. The quantitative estimate of drug-likeness (QED) is 0.840. The molecule has 0 bridgehead atoms. The van der Waals surface area contributed by atoms with Gasteiger partial charge in [-0.2, -0.15) is 4.98 Å². The van der Waals surface area contributed by atoms with Crippen molar-refractivity contribution < 1.29 is 20.3 Å². The Morgan fingerprint density at radius 3 is 2.45 bits per heavy atom. The molecule has 0 saturated heterocycles. The maximum absolute atomic E-state index is 11.9. The van der Waals surface area contributed by atoms with Gasteiger partial charge in [-0.25, -0.2) is 4.79 Å². The molecule has 0 saturated carbocycles. The van der Waals surface area contributed by atoms with Crippen molar-refractivity contribution in [2.75, 3.05) is 6.61 Å². The molecule has 1 aromatic heterocycles. The number of ether oxygens (including phenoxy) is 1. The average Bonchev–Trinajstić information content (AvgIpc) is 2.94. The number of nitrogens with zero attached hydrogens (tertiary/aromatic N) is 2. The lowest BCUT2D eigenvalue weighted by Gasteiger charge is -2.25. The molecule has 1 heterocycles. The molecular weight excluding hydrogens is 286 g/mol. The summed E-state index contributed by atoms with van der Waals surface area (Å²) in [5.74, 6) is -0.887. The van der Waals surface area contributed by atoms with Gasteiger partial charge in [0.05, 0.1) is 13.2 Å². The normalized spacial score (nSPS) is 12.0. The van der Waals surface area contributed by atoms with Crippen LogP contribution < -0.4 is 5.32 Å². The Morgan fingerprint density at radius 2 is 1.95 bits per heavy atom. The van der Waals surface area contributed by atoms with E-state index in [1.807, 2.05) is 41.5 Å². The number of carbonyl (C=O) groups is 2. The molecule has 0 aromatic carbocycles. The first-order chi connectivity index (χ1) is 10.3. The number of nitrogens with one attached hydrogen (secondary N) is 1. The van der Waals surface area contributed by atoms with E-state index >= 15 is 0 Å². The molecule has 0 spiro atoms. The molecule has 1 amide bonds. The molecule has 1 unspecified atom stereocenters. The molecule has 1 atom stereocenters. The predicted molar refractivity (Wildman–Crippen MR) is 84.2 cm³/mol. The fraction of sp³-hybridized carbons (Fsp3) is 0.733. The predicted octanol–water partition coefficient (Wildman–Crippen LogP) is 2.82. The number of amides is 1. The Hall–Kier alpha value is -1.92. The van der Waals surface area contributed by atoms with Gasteiger partial charge in [-0.3, -0.25) is 4.79 Å². The number of rotatable bonds is 5. The van der Waals surface area contributed by atoms with Crippen molar-refractivity contribution in [3.05, 3.63) is 11.7 Å². The van der Waals surface area contributed by atoms with E-state index in [1.54, 1.807) is 6.92 Å². The minimum Gasteiger partial charge on any atom is -0.459 e. The second kappa shape index (κ2) is 9.17. The van der Waals surface area contributed by atoms with Crippen molar-refractivity contribution in [3.8, 4) is 0 Å². The molecule has 0 aliphatic carbocycles. The van der Waals surface area contributed by atoms with Crippen LogP contribution in [0.1, 0.15) is 66.4 Å². The van der Waals surface area contributed by atoms with Gasteiger partial charge in [0, 0.05) is 7.34 Å². The molecular formula is C15H29N3O4. The van der Waals surface area contributed by atoms with Crippen molar-refractivity contribution in [1.82, 2.24) is 15.5 Å². The molecule has 0 fully saturated rings. The molecule has 1 rings (SSSR count). The van der Waals surface area contributed by atoms with E-state index in [0.29, 0.717) is 0 Å². The molecule has 1 N–H and O–H groups in total. The van der Waals surface area contributed by atoms with Gasteiger partial charge in [-0.1, -0.05) is 46.7 Å². The van der Waals surface area contributed by atoms with Crippen LogP contribution in [0.5, 0.6) is 0 Å². The third kappa shape index (κ3) is 6.24. The van der Waals surface area contributed by atoms with Crippen LogP contribution in [-0.4, -0.2) is 28.6 Å². The monoisotopic (exact) mass is 315 g/mol. The number of esters is 1. The van der Waals surface area contributed by atoms with E-state index in [0.717, 1.165) is 0 Å². The largest absolute Gasteiger partial charge is 0.459 e. The second-order valence-electron chi connectivity index (χ2n) is 5.54. The van der Waals surface area contributed by atoms with Crippen molar-refractivity contribution in [3.63, 3.8) is 0 Å². The van der Waals surface area contributed by atoms with E-state index in [2.05, 4.69) is 15.5 Å². The second-order valence-corrected chi connectivity index (χ2v) is 5.54. The van der Waals surface area contributed by atoms with Crippen LogP contribution in [0.25, 0.3) is 0 Å².